The van der Waals surface area contributed by atoms with Gasteiger partial charge in [-0.25, -0.2) is 0 Å². The van der Waals surface area contributed by atoms with Crippen molar-refractivity contribution in [1.29, 1.82) is 0 Å². The zero-order chi connectivity index (χ0) is 11.5. The van der Waals surface area contributed by atoms with Gasteiger partial charge < -0.3 is 15.2 Å². The molecular formula is C11H17NO4. The molecule has 2 fully saturated rings. The van der Waals surface area contributed by atoms with Crippen LogP contribution in [0.4, 0.5) is 0 Å². The number of amides is 1. The van der Waals surface area contributed by atoms with E-state index in [1.165, 1.54) is 12.8 Å². The van der Waals surface area contributed by atoms with E-state index in [0.717, 1.165) is 12.5 Å². The smallest absolute Gasteiger partial charge is 0.307 e. The van der Waals surface area contributed by atoms with Gasteiger partial charge in [0, 0.05) is 13.2 Å². The van der Waals surface area contributed by atoms with Crippen molar-refractivity contribution < 1.29 is 19.4 Å². The Bertz CT molecular complexity index is 288. The van der Waals surface area contributed by atoms with Crippen LogP contribution < -0.4 is 5.32 Å². The molecule has 2 aliphatic carbocycles. The third-order valence-corrected chi connectivity index (χ3v) is 3.04. The zero-order valence-electron chi connectivity index (χ0n) is 9.15. The molecule has 0 aromatic heterocycles. The maximum atomic E-state index is 11.4. The molecule has 2 saturated carbocycles. The quantitative estimate of drug-likeness (QED) is 0.611. The lowest BCUT2D eigenvalue weighted by Crippen LogP contribution is -2.29. The summed E-state index contributed by atoms with van der Waals surface area (Å²) in [5.74, 6) is -1.07. The number of carboxylic acids is 1. The van der Waals surface area contributed by atoms with Crippen molar-refractivity contribution in [3.05, 3.63) is 0 Å². The second-order valence-corrected chi connectivity index (χ2v) is 4.60. The molecule has 0 spiro atoms. The second-order valence-electron chi connectivity index (χ2n) is 4.60. The fourth-order valence-corrected chi connectivity index (χ4v) is 1.67. The first-order valence-electron chi connectivity index (χ1n) is 5.76. The normalized spacial score (nSPS) is 27.5. The lowest BCUT2D eigenvalue weighted by atomic mass is 10.3. The van der Waals surface area contributed by atoms with Gasteiger partial charge in [-0.15, -0.1) is 0 Å². The van der Waals surface area contributed by atoms with Crippen molar-refractivity contribution in [2.75, 3.05) is 19.8 Å². The predicted octanol–water partition coefficient (Wildman–Crippen LogP) is 0.250. The van der Waals surface area contributed by atoms with Crippen LogP contribution in [0.25, 0.3) is 0 Å². The summed E-state index contributed by atoms with van der Waals surface area (Å²) in [6, 6.07) is 0. The van der Waals surface area contributed by atoms with E-state index in [0.29, 0.717) is 19.6 Å². The fourth-order valence-electron chi connectivity index (χ4n) is 1.67. The van der Waals surface area contributed by atoms with E-state index in [4.69, 9.17) is 9.84 Å². The molecule has 1 amide bonds. The van der Waals surface area contributed by atoms with Crippen LogP contribution in [0.2, 0.25) is 0 Å². The van der Waals surface area contributed by atoms with Crippen LogP contribution in [-0.4, -0.2) is 36.7 Å². The van der Waals surface area contributed by atoms with E-state index in [2.05, 4.69) is 5.32 Å². The SMILES string of the molecule is O=C(O)[C@H]1C[C@H]1C(=O)NCCOCC1CC1. The standard InChI is InChI=1S/C11H17NO4/c13-10(8-5-9(8)11(14)15)12-3-4-16-6-7-1-2-7/h7-9H,1-6H2,(H,12,13)(H,14,15)/t8-,9+/m1/s1. The Labute approximate surface area is 94.2 Å². The van der Waals surface area contributed by atoms with Gasteiger partial charge in [0.2, 0.25) is 5.91 Å². The summed E-state index contributed by atoms with van der Waals surface area (Å²) < 4.78 is 5.35. The third-order valence-electron chi connectivity index (χ3n) is 3.04. The average molecular weight is 227 g/mol. The molecule has 0 aromatic carbocycles. The highest BCUT2D eigenvalue weighted by Gasteiger charge is 2.48. The molecule has 0 bridgehead atoms. The summed E-state index contributed by atoms with van der Waals surface area (Å²) in [5.41, 5.74) is 0. The number of carboxylic acid groups (broad SMARTS) is 1. The minimum atomic E-state index is -0.870. The Kier molecular flexibility index (Phi) is 3.43. The first-order chi connectivity index (χ1) is 7.68. The molecule has 2 aliphatic rings. The van der Waals surface area contributed by atoms with Crippen molar-refractivity contribution >= 4 is 11.9 Å². The molecule has 5 nitrogen and oxygen atoms in total. The van der Waals surface area contributed by atoms with E-state index in [1.807, 2.05) is 0 Å². The van der Waals surface area contributed by atoms with Crippen LogP contribution in [0.5, 0.6) is 0 Å². The molecule has 90 valence electrons. The van der Waals surface area contributed by atoms with Crippen LogP contribution >= 0.6 is 0 Å². The summed E-state index contributed by atoms with van der Waals surface area (Å²) in [4.78, 5) is 21.9. The second kappa shape index (κ2) is 4.82. The lowest BCUT2D eigenvalue weighted by molar-refractivity contribution is -0.140. The fraction of sp³-hybridized carbons (Fsp3) is 0.818. The van der Waals surface area contributed by atoms with E-state index in [-0.39, 0.29) is 11.8 Å². The van der Waals surface area contributed by atoms with Gasteiger partial charge in [0.15, 0.2) is 0 Å². The number of hydrogen-bond acceptors (Lipinski definition) is 3. The maximum Gasteiger partial charge on any atom is 0.307 e. The number of rotatable bonds is 7. The van der Waals surface area contributed by atoms with Gasteiger partial charge >= 0.3 is 5.97 Å². The van der Waals surface area contributed by atoms with Gasteiger partial charge in [-0.1, -0.05) is 0 Å². The van der Waals surface area contributed by atoms with Crippen LogP contribution in [0.1, 0.15) is 19.3 Å². The molecule has 0 radical (unpaired) electrons. The molecule has 5 heteroatoms. The molecule has 16 heavy (non-hydrogen) atoms. The Morgan fingerprint density at radius 3 is 2.62 bits per heavy atom. The van der Waals surface area contributed by atoms with Gasteiger partial charge in [0.05, 0.1) is 18.4 Å². The van der Waals surface area contributed by atoms with E-state index in [9.17, 15) is 9.59 Å². The van der Waals surface area contributed by atoms with Crippen molar-refractivity contribution in [3.8, 4) is 0 Å². The minimum Gasteiger partial charge on any atom is -0.481 e. The molecule has 0 aromatic rings. The maximum absolute atomic E-state index is 11.4. The molecule has 2 atom stereocenters. The number of ether oxygens (including phenoxy) is 1. The predicted molar refractivity (Wildman–Crippen MR) is 55.8 cm³/mol. The first kappa shape index (κ1) is 11.4. The third kappa shape index (κ3) is 3.20. The van der Waals surface area contributed by atoms with Gasteiger partial charge in [-0.05, 0) is 25.2 Å². The number of hydrogen-bond donors (Lipinski definition) is 2. The Hall–Kier alpha value is -1.10. The number of carbonyl (C=O) groups excluding carboxylic acids is 1. The molecule has 2 rings (SSSR count). The van der Waals surface area contributed by atoms with Crippen molar-refractivity contribution in [1.82, 2.24) is 5.32 Å². The van der Waals surface area contributed by atoms with Crippen molar-refractivity contribution in [2.24, 2.45) is 17.8 Å². The van der Waals surface area contributed by atoms with Crippen molar-refractivity contribution in [2.45, 2.75) is 19.3 Å². The largest absolute Gasteiger partial charge is 0.481 e. The number of aliphatic carboxylic acids is 1. The average Bonchev–Trinajstić information content (AvgIpc) is 3.11. The summed E-state index contributed by atoms with van der Waals surface area (Å²) >= 11 is 0. The summed E-state index contributed by atoms with van der Waals surface area (Å²) in [7, 11) is 0. The molecule has 0 heterocycles. The highest BCUT2D eigenvalue weighted by Crippen LogP contribution is 2.38. The minimum absolute atomic E-state index is 0.151. The highest BCUT2D eigenvalue weighted by molar-refractivity contribution is 5.89. The van der Waals surface area contributed by atoms with Gasteiger partial charge in [-0.3, -0.25) is 9.59 Å². The van der Waals surface area contributed by atoms with Crippen LogP contribution in [0.15, 0.2) is 0 Å². The van der Waals surface area contributed by atoms with E-state index >= 15 is 0 Å². The molecule has 0 aliphatic heterocycles. The monoisotopic (exact) mass is 227 g/mol. The molecule has 2 N–H and O–H groups in total. The lowest BCUT2D eigenvalue weighted by Gasteiger charge is -2.05. The summed E-state index contributed by atoms with van der Waals surface area (Å²) in [5, 5.41) is 11.3. The van der Waals surface area contributed by atoms with Crippen LogP contribution in [-0.2, 0) is 14.3 Å². The first-order valence-corrected chi connectivity index (χ1v) is 5.76. The Morgan fingerprint density at radius 2 is 2.06 bits per heavy atom. The number of carbonyl (C=O) groups is 2. The summed E-state index contributed by atoms with van der Waals surface area (Å²) in [6.45, 7) is 1.79. The Balaban J connectivity index is 1.49. The van der Waals surface area contributed by atoms with Gasteiger partial charge in [0.25, 0.3) is 0 Å². The zero-order valence-corrected chi connectivity index (χ0v) is 9.15. The van der Waals surface area contributed by atoms with Crippen LogP contribution in [0, 0.1) is 17.8 Å². The topological polar surface area (TPSA) is 75.6 Å². The van der Waals surface area contributed by atoms with Crippen molar-refractivity contribution in [3.63, 3.8) is 0 Å². The van der Waals surface area contributed by atoms with E-state index in [1.54, 1.807) is 0 Å². The summed E-state index contributed by atoms with van der Waals surface area (Å²) in [6.07, 6.45) is 2.99. The van der Waals surface area contributed by atoms with E-state index < -0.39 is 11.9 Å². The molecular weight excluding hydrogens is 210 g/mol. The number of nitrogens with one attached hydrogen (secondary N) is 1. The highest BCUT2D eigenvalue weighted by atomic mass is 16.5. The molecule has 0 unspecified atom stereocenters. The van der Waals surface area contributed by atoms with Crippen LogP contribution in [0.3, 0.4) is 0 Å². The Morgan fingerprint density at radius 1 is 1.31 bits per heavy atom. The van der Waals surface area contributed by atoms with Gasteiger partial charge in [-0.2, -0.15) is 0 Å². The molecule has 0 saturated heterocycles. The van der Waals surface area contributed by atoms with Gasteiger partial charge in [0.1, 0.15) is 0 Å².